The van der Waals surface area contributed by atoms with Crippen molar-refractivity contribution in [3.63, 3.8) is 0 Å². The monoisotopic (exact) mass is 407 g/mol. The molecule has 1 amide bonds. The highest BCUT2D eigenvalue weighted by Crippen LogP contribution is 2.32. The first-order valence-electron chi connectivity index (χ1n) is 9.06. The van der Waals surface area contributed by atoms with Gasteiger partial charge in [-0.25, -0.2) is 4.79 Å². The van der Waals surface area contributed by atoms with Gasteiger partial charge in [0.15, 0.2) is 17.3 Å². The number of aromatic nitrogens is 2. The van der Waals surface area contributed by atoms with Gasteiger partial charge in [0.05, 0.1) is 6.54 Å². The fraction of sp³-hybridized carbons (Fsp3) is 0.143. The number of aromatic amines is 1. The van der Waals surface area contributed by atoms with E-state index in [-0.39, 0.29) is 24.7 Å². The summed E-state index contributed by atoms with van der Waals surface area (Å²) in [4.78, 5) is 51.3. The van der Waals surface area contributed by atoms with Crippen LogP contribution in [0.2, 0.25) is 0 Å². The van der Waals surface area contributed by atoms with Crippen molar-refractivity contribution in [3.8, 4) is 11.5 Å². The molecule has 0 aliphatic carbocycles. The molecule has 2 heterocycles. The highest BCUT2D eigenvalue weighted by molar-refractivity contribution is 6.04. The minimum absolute atomic E-state index is 0.0424. The lowest BCUT2D eigenvalue weighted by molar-refractivity contribution is 0.101. The number of ether oxygens (including phenoxy) is 2. The van der Waals surface area contributed by atoms with E-state index in [1.807, 2.05) is 0 Å². The van der Waals surface area contributed by atoms with E-state index < -0.39 is 17.2 Å². The molecule has 9 nitrogen and oxygen atoms in total. The number of rotatable bonds is 5. The van der Waals surface area contributed by atoms with Crippen LogP contribution < -0.4 is 26.0 Å². The molecule has 30 heavy (non-hydrogen) atoms. The number of hydrogen-bond donors (Lipinski definition) is 2. The summed E-state index contributed by atoms with van der Waals surface area (Å²) in [5.74, 6) is 0.343. The smallest absolute Gasteiger partial charge is 0.328 e. The molecule has 9 heteroatoms. The molecule has 2 aromatic carbocycles. The van der Waals surface area contributed by atoms with Crippen LogP contribution >= 0.6 is 0 Å². The van der Waals surface area contributed by atoms with Gasteiger partial charge in [-0.3, -0.25) is 19.0 Å². The third kappa shape index (κ3) is 3.72. The van der Waals surface area contributed by atoms with Crippen molar-refractivity contribution in [2.24, 2.45) is 0 Å². The van der Waals surface area contributed by atoms with Gasteiger partial charge in [-0.1, -0.05) is 6.07 Å². The van der Waals surface area contributed by atoms with Crippen LogP contribution in [0.5, 0.6) is 11.5 Å². The number of amides is 1. The zero-order valence-electron chi connectivity index (χ0n) is 15.9. The molecule has 0 bridgehead atoms. The second-order valence-corrected chi connectivity index (χ2v) is 6.67. The van der Waals surface area contributed by atoms with Crippen molar-refractivity contribution in [2.75, 3.05) is 12.1 Å². The van der Waals surface area contributed by atoms with E-state index in [0.717, 1.165) is 10.8 Å². The van der Waals surface area contributed by atoms with Crippen LogP contribution in [-0.4, -0.2) is 28.0 Å². The quantitative estimate of drug-likeness (QED) is 0.622. The van der Waals surface area contributed by atoms with Gasteiger partial charge in [-0.05, 0) is 48.9 Å². The summed E-state index contributed by atoms with van der Waals surface area (Å²) in [7, 11) is 0. The van der Waals surface area contributed by atoms with Crippen LogP contribution in [0.3, 0.4) is 0 Å². The predicted molar refractivity (Wildman–Crippen MR) is 107 cm³/mol. The van der Waals surface area contributed by atoms with Crippen LogP contribution in [0.15, 0.2) is 58.3 Å². The standard InChI is InChI=1S/C21H17N3O6/c1-12(25)14-3-5-15(6-4-14)23-19(26)16-9-22-21(28)24(20(16)27)10-13-2-7-17-18(8-13)30-11-29-17/h2-9H,10-11H2,1H3,(H,22,28)(H,23,26). The van der Waals surface area contributed by atoms with Crippen LogP contribution in [0.4, 0.5) is 5.69 Å². The Morgan fingerprint density at radius 1 is 1.07 bits per heavy atom. The van der Waals surface area contributed by atoms with Gasteiger partial charge in [0.2, 0.25) is 6.79 Å². The molecular weight excluding hydrogens is 390 g/mol. The van der Waals surface area contributed by atoms with Crippen molar-refractivity contribution in [3.05, 3.63) is 86.2 Å². The zero-order valence-corrected chi connectivity index (χ0v) is 15.9. The number of carbonyl (C=O) groups excluding carboxylic acids is 2. The summed E-state index contributed by atoms with van der Waals surface area (Å²) in [6.45, 7) is 1.51. The third-order valence-electron chi connectivity index (χ3n) is 4.63. The summed E-state index contributed by atoms with van der Waals surface area (Å²) in [6.07, 6.45) is 1.08. The molecule has 1 aliphatic heterocycles. The number of H-pyrrole nitrogens is 1. The van der Waals surface area contributed by atoms with Crippen molar-refractivity contribution in [1.29, 1.82) is 0 Å². The predicted octanol–water partition coefficient (Wildman–Crippen LogP) is 1.77. The Labute approximate surface area is 169 Å². The SMILES string of the molecule is CC(=O)c1ccc(NC(=O)c2c[nH]c(=O)n(Cc3ccc4c(c3)OCO4)c2=O)cc1. The minimum Gasteiger partial charge on any atom is -0.454 e. The highest BCUT2D eigenvalue weighted by Gasteiger charge is 2.17. The van der Waals surface area contributed by atoms with Crippen LogP contribution in [-0.2, 0) is 6.54 Å². The lowest BCUT2D eigenvalue weighted by atomic mass is 10.1. The minimum atomic E-state index is -0.728. The van der Waals surface area contributed by atoms with E-state index in [9.17, 15) is 19.2 Å². The fourth-order valence-corrected chi connectivity index (χ4v) is 3.03. The summed E-state index contributed by atoms with van der Waals surface area (Å²) in [5, 5.41) is 2.59. The molecule has 0 atom stereocenters. The van der Waals surface area contributed by atoms with Crippen LogP contribution in [0.1, 0.15) is 33.2 Å². The Morgan fingerprint density at radius 3 is 2.53 bits per heavy atom. The van der Waals surface area contributed by atoms with E-state index in [1.54, 1.807) is 42.5 Å². The van der Waals surface area contributed by atoms with E-state index in [4.69, 9.17) is 9.47 Å². The molecule has 0 saturated heterocycles. The lowest BCUT2D eigenvalue weighted by Gasteiger charge is -2.09. The second-order valence-electron chi connectivity index (χ2n) is 6.67. The van der Waals surface area contributed by atoms with Crippen molar-refractivity contribution < 1.29 is 19.1 Å². The molecule has 0 saturated carbocycles. The Hall–Kier alpha value is -4.14. The maximum Gasteiger partial charge on any atom is 0.328 e. The number of hydrogen-bond acceptors (Lipinski definition) is 6. The fourth-order valence-electron chi connectivity index (χ4n) is 3.03. The maximum absolute atomic E-state index is 12.8. The number of ketones is 1. The largest absolute Gasteiger partial charge is 0.454 e. The Balaban J connectivity index is 1.59. The highest BCUT2D eigenvalue weighted by atomic mass is 16.7. The van der Waals surface area contributed by atoms with Gasteiger partial charge in [0.25, 0.3) is 11.5 Å². The zero-order chi connectivity index (χ0) is 21.3. The lowest BCUT2D eigenvalue weighted by Crippen LogP contribution is -2.39. The van der Waals surface area contributed by atoms with Crippen molar-refractivity contribution in [2.45, 2.75) is 13.5 Å². The molecule has 152 valence electrons. The van der Waals surface area contributed by atoms with E-state index >= 15 is 0 Å². The van der Waals surface area contributed by atoms with Crippen LogP contribution in [0, 0.1) is 0 Å². The molecule has 2 N–H and O–H groups in total. The number of anilines is 1. The molecule has 0 fully saturated rings. The number of Topliss-reactive ketones (excluding diaryl/α,β-unsaturated/α-hetero) is 1. The van der Waals surface area contributed by atoms with Gasteiger partial charge in [-0.15, -0.1) is 0 Å². The Kier molecular flexibility index (Phi) is 4.93. The van der Waals surface area contributed by atoms with Gasteiger partial charge in [0.1, 0.15) is 5.56 Å². The second kappa shape index (κ2) is 7.70. The molecule has 0 spiro atoms. The summed E-state index contributed by atoms with van der Waals surface area (Å²) in [6, 6.07) is 11.3. The molecule has 1 aliphatic rings. The Bertz CT molecular complexity index is 1260. The maximum atomic E-state index is 12.8. The topological polar surface area (TPSA) is 119 Å². The molecule has 1 aromatic heterocycles. The molecule has 0 unspecified atom stereocenters. The summed E-state index contributed by atoms with van der Waals surface area (Å²) in [5.41, 5.74) is -0.0226. The molecule has 3 aromatic rings. The number of nitrogens with zero attached hydrogens (tertiary/aromatic N) is 1. The van der Waals surface area contributed by atoms with E-state index in [0.29, 0.717) is 28.3 Å². The number of fused-ring (bicyclic) bond motifs is 1. The number of carbonyl (C=O) groups is 2. The van der Waals surface area contributed by atoms with Gasteiger partial charge >= 0.3 is 5.69 Å². The van der Waals surface area contributed by atoms with Gasteiger partial charge < -0.3 is 19.8 Å². The molecule has 4 rings (SSSR count). The van der Waals surface area contributed by atoms with Crippen LogP contribution in [0.25, 0.3) is 0 Å². The summed E-state index contributed by atoms with van der Waals surface area (Å²) >= 11 is 0. The molecule has 0 radical (unpaired) electrons. The summed E-state index contributed by atoms with van der Waals surface area (Å²) < 4.78 is 11.5. The first-order chi connectivity index (χ1) is 14.4. The number of nitrogens with one attached hydrogen (secondary N) is 2. The van der Waals surface area contributed by atoms with Gasteiger partial charge in [0, 0.05) is 17.4 Å². The normalized spacial score (nSPS) is 11.9. The van der Waals surface area contributed by atoms with E-state index in [2.05, 4.69) is 10.3 Å². The van der Waals surface area contributed by atoms with Gasteiger partial charge in [-0.2, -0.15) is 0 Å². The molecular formula is C21H17N3O6. The average molecular weight is 407 g/mol. The van der Waals surface area contributed by atoms with E-state index in [1.165, 1.54) is 6.92 Å². The first kappa shape index (κ1) is 19.2. The number of benzene rings is 2. The average Bonchev–Trinajstić information content (AvgIpc) is 3.19. The van der Waals surface area contributed by atoms with Crippen molar-refractivity contribution in [1.82, 2.24) is 9.55 Å². The van der Waals surface area contributed by atoms with Crippen molar-refractivity contribution >= 4 is 17.4 Å². The Morgan fingerprint density at radius 2 is 1.80 bits per heavy atom. The third-order valence-corrected chi connectivity index (χ3v) is 4.63. The first-order valence-corrected chi connectivity index (χ1v) is 9.06.